The van der Waals surface area contributed by atoms with Gasteiger partial charge in [-0.25, -0.2) is 0 Å². The molecular weight excluding hydrogens is 304 g/mol. The molecule has 2 rings (SSSR count). The zero-order valence-corrected chi connectivity index (χ0v) is 13.4. The molecule has 0 saturated heterocycles. The van der Waals surface area contributed by atoms with Crippen molar-refractivity contribution in [1.82, 2.24) is 0 Å². The van der Waals surface area contributed by atoms with Crippen LogP contribution in [0.3, 0.4) is 0 Å². The molecule has 3 N–H and O–H groups in total. The van der Waals surface area contributed by atoms with Crippen molar-refractivity contribution >= 4 is 11.9 Å². The Morgan fingerprint density at radius 3 is 2.58 bits per heavy atom. The van der Waals surface area contributed by atoms with Crippen molar-refractivity contribution in [3.63, 3.8) is 0 Å². The zero-order chi connectivity index (χ0) is 17.7. The van der Waals surface area contributed by atoms with E-state index in [0.29, 0.717) is 5.57 Å². The molecule has 1 aromatic rings. The summed E-state index contributed by atoms with van der Waals surface area (Å²) >= 11 is 0. The molecule has 1 aliphatic carbocycles. The lowest BCUT2D eigenvalue weighted by atomic mass is 9.97. The van der Waals surface area contributed by atoms with Crippen molar-refractivity contribution in [3.8, 4) is 17.2 Å². The van der Waals surface area contributed by atoms with Crippen molar-refractivity contribution < 1.29 is 20.1 Å². The van der Waals surface area contributed by atoms with Crippen LogP contribution in [0.1, 0.15) is 29.3 Å². The Morgan fingerprint density at radius 1 is 1.21 bits per heavy atom. The van der Waals surface area contributed by atoms with Gasteiger partial charge in [-0.05, 0) is 31.4 Å². The number of ketones is 1. The van der Waals surface area contributed by atoms with Crippen LogP contribution >= 0.6 is 0 Å². The van der Waals surface area contributed by atoms with Gasteiger partial charge in [0.05, 0.1) is 5.56 Å². The van der Waals surface area contributed by atoms with Gasteiger partial charge in [0.15, 0.2) is 5.78 Å². The Morgan fingerprint density at radius 2 is 1.96 bits per heavy atom. The molecule has 4 nitrogen and oxygen atoms in total. The van der Waals surface area contributed by atoms with E-state index in [1.54, 1.807) is 19.1 Å². The first-order chi connectivity index (χ1) is 11.4. The number of phenolic OH excluding ortho intramolecular Hbond substituents is 3. The topological polar surface area (TPSA) is 77.8 Å². The minimum Gasteiger partial charge on any atom is -0.507 e. The SMILES string of the molecule is C=C(C)C=Cc1c(O)cc(O)c(C(=O)C=CC2C=CC=CC2)c1O. The monoisotopic (exact) mass is 324 g/mol. The molecule has 24 heavy (non-hydrogen) atoms. The molecule has 0 fully saturated rings. The summed E-state index contributed by atoms with van der Waals surface area (Å²) in [5.41, 5.74) is 0.542. The Bertz CT molecular complexity index is 779. The number of aromatic hydroxyl groups is 3. The molecule has 1 aliphatic rings. The first-order valence-electron chi connectivity index (χ1n) is 7.57. The summed E-state index contributed by atoms with van der Waals surface area (Å²) < 4.78 is 0. The molecule has 0 aliphatic heterocycles. The highest BCUT2D eigenvalue weighted by Crippen LogP contribution is 2.38. The molecule has 124 valence electrons. The van der Waals surface area contributed by atoms with Gasteiger partial charge in [0.1, 0.15) is 22.8 Å². The summed E-state index contributed by atoms with van der Waals surface area (Å²) in [7, 11) is 0. The Labute approximate surface area is 141 Å². The molecular formula is C20H20O4. The Kier molecular flexibility index (Phi) is 5.42. The van der Waals surface area contributed by atoms with E-state index >= 15 is 0 Å². The van der Waals surface area contributed by atoms with Gasteiger partial charge >= 0.3 is 0 Å². The summed E-state index contributed by atoms with van der Waals surface area (Å²) in [4.78, 5) is 12.4. The van der Waals surface area contributed by atoms with Crippen LogP contribution in [0.5, 0.6) is 17.2 Å². The highest BCUT2D eigenvalue weighted by atomic mass is 16.3. The molecule has 0 spiro atoms. The number of phenols is 3. The molecule has 0 saturated carbocycles. The fourth-order valence-electron chi connectivity index (χ4n) is 2.33. The van der Waals surface area contributed by atoms with Gasteiger partial charge in [0, 0.05) is 6.07 Å². The fraction of sp³-hybridized carbons (Fsp3) is 0.150. The third-order valence-electron chi connectivity index (χ3n) is 3.59. The van der Waals surface area contributed by atoms with Gasteiger partial charge in [-0.2, -0.15) is 0 Å². The van der Waals surface area contributed by atoms with Crippen molar-refractivity contribution in [2.75, 3.05) is 0 Å². The van der Waals surface area contributed by atoms with Crippen LogP contribution in [-0.4, -0.2) is 21.1 Å². The van der Waals surface area contributed by atoms with Gasteiger partial charge in [-0.15, -0.1) is 0 Å². The first kappa shape index (κ1) is 17.3. The van der Waals surface area contributed by atoms with Crippen LogP contribution in [0.2, 0.25) is 0 Å². The van der Waals surface area contributed by atoms with Crippen molar-refractivity contribution in [2.45, 2.75) is 13.3 Å². The lowest BCUT2D eigenvalue weighted by molar-refractivity contribution is 0.104. The highest BCUT2D eigenvalue weighted by Gasteiger charge is 2.20. The third kappa shape index (κ3) is 4.04. The van der Waals surface area contributed by atoms with E-state index < -0.39 is 17.3 Å². The number of hydrogen-bond acceptors (Lipinski definition) is 4. The molecule has 1 atom stereocenters. The van der Waals surface area contributed by atoms with Crippen LogP contribution < -0.4 is 0 Å². The van der Waals surface area contributed by atoms with Gasteiger partial charge in [-0.1, -0.05) is 48.6 Å². The average Bonchev–Trinajstić information content (AvgIpc) is 2.53. The van der Waals surface area contributed by atoms with Crippen LogP contribution in [-0.2, 0) is 0 Å². The zero-order valence-electron chi connectivity index (χ0n) is 13.4. The van der Waals surface area contributed by atoms with Crippen molar-refractivity contribution in [3.05, 3.63) is 71.9 Å². The maximum atomic E-state index is 12.4. The number of rotatable bonds is 5. The molecule has 1 unspecified atom stereocenters. The molecule has 4 heteroatoms. The first-order valence-corrected chi connectivity index (χ1v) is 7.57. The van der Waals surface area contributed by atoms with Gasteiger partial charge in [-0.3, -0.25) is 4.79 Å². The summed E-state index contributed by atoms with van der Waals surface area (Å²) in [6, 6.07) is 1.04. The van der Waals surface area contributed by atoms with E-state index in [1.807, 2.05) is 24.3 Å². The van der Waals surface area contributed by atoms with Gasteiger partial charge in [0.25, 0.3) is 0 Å². The molecule has 0 bridgehead atoms. The number of hydrogen-bond donors (Lipinski definition) is 3. The van der Waals surface area contributed by atoms with E-state index in [9.17, 15) is 20.1 Å². The summed E-state index contributed by atoms with van der Waals surface area (Å²) in [5, 5.41) is 30.1. The predicted molar refractivity (Wildman–Crippen MR) is 95.1 cm³/mol. The number of carbonyl (C=O) groups excluding carboxylic acids is 1. The predicted octanol–water partition coefficient (Wildman–Crippen LogP) is 4.26. The second kappa shape index (κ2) is 7.51. The maximum Gasteiger partial charge on any atom is 0.193 e. The number of allylic oxidation sites excluding steroid dienone is 8. The third-order valence-corrected chi connectivity index (χ3v) is 3.59. The minimum absolute atomic E-state index is 0.0630. The smallest absolute Gasteiger partial charge is 0.193 e. The largest absolute Gasteiger partial charge is 0.507 e. The van der Waals surface area contributed by atoms with E-state index in [-0.39, 0.29) is 22.8 Å². The fourth-order valence-corrected chi connectivity index (χ4v) is 2.33. The van der Waals surface area contributed by atoms with Crippen LogP contribution in [0, 0.1) is 5.92 Å². The van der Waals surface area contributed by atoms with Gasteiger partial charge < -0.3 is 15.3 Å². The molecule has 0 aromatic heterocycles. The average molecular weight is 324 g/mol. The van der Waals surface area contributed by atoms with E-state index in [0.717, 1.165) is 12.5 Å². The van der Waals surface area contributed by atoms with Crippen LogP contribution in [0.25, 0.3) is 6.08 Å². The minimum atomic E-state index is -0.530. The van der Waals surface area contributed by atoms with Gasteiger partial charge in [0.2, 0.25) is 0 Å². The standard InChI is InChI=1S/C20H20O4/c1-13(2)8-10-15-17(22)12-18(23)19(20(15)24)16(21)11-9-14-6-4-3-5-7-14/h3-6,8-12,14,22-24H,1,7H2,2H3. The summed E-state index contributed by atoms with van der Waals surface area (Å²) in [5.74, 6) is -1.67. The summed E-state index contributed by atoms with van der Waals surface area (Å²) in [6.07, 6.45) is 14.7. The Balaban J connectivity index is 2.35. The highest BCUT2D eigenvalue weighted by molar-refractivity contribution is 6.09. The van der Waals surface area contributed by atoms with Crippen LogP contribution in [0.15, 0.2) is 60.8 Å². The number of carbonyl (C=O) groups is 1. The summed E-state index contributed by atoms with van der Waals surface area (Å²) in [6.45, 7) is 5.45. The molecule has 1 aromatic carbocycles. The maximum absolute atomic E-state index is 12.4. The quantitative estimate of drug-likeness (QED) is 0.429. The lowest BCUT2D eigenvalue weighted by Gasteiger charge is -2.10. The van der Waals surface area contributed by atoms with E-state index in [2.05, 4.69) is 6.58 Å². The lowest BCUT2D eigenvalue weighted by Crippen LogP contribution is -2.00. The second-order valence-electron chi connectivity index (χ2n) is 5.67. The molecule has 0 amide bonds. The Hall–Kier alpha value is -3.01. The van der Waals surface area contributed by atoms with Crippen molar-refractivity contribution in [1.29, 1.82) is 0 Å². The molecule has 0 heterocycles. The molecule has 0 radical (unpaired) electrons. The number of benzene rings is 1. The van der Waals surface area contributed by atoms with E-state index in [4.69, 9.17) is 0 Å². The second-order valence-corrected chi connectivity index (χ2v) is 5.67. The normalized spacial score (nSPS) is 17.0. The van der Waals surface area contributed by atoms with E-state index in [1.165, 1.54) is 12.2 Å². The van der Waals surface area contributed by atoms with Crippen molar-refractivity contribution in [2.24, 2.45) is 5.92 Å². The van der Waals surface area contributed by atoms with Crippen LogP contribution in [0.4, 0.5) is 0 Å².